The number of hydrogen-bond acceptors (Lipinski definition) is 2. The first kappa shape index (κ1) is 8.71. The van der Waals surface area contributed by atoms with Crippen molar-refractivity contribution in [1.82, 2.24) is 9.78 Å². The van der Waals surface area contributed by atoms with Gasteiger partial charge in [0.15, 0.2) is 6.29 Å². The van der Waals surface area contributed by atoms with Gasteiger partial charge >= 0.3 is 0 Å². The number of hydrogen-bond donors (Lipinski definition) is 0. The second-order valence-corrected chi connectivity index (χ2v) is 2.84. The third kappa shape index (κ3) is 2.05. The van der Waals surface area contributed by atoms with Crippen molar-refractivity contribution in [3.05, 3.63) is 29.6 Å². The zero-order valence-electron chi connectivity index (χ0n) is 7.32. The third-order valence-corrected chi connectivity index (χ3v) is 1.54. The molecule has 0 aliphatic rings. The minimum absolute atomic E-state index is 0.618. The van der Waals surface area contributed by atoms with Gasteiger partial charge in [0.2, 0.25) is 0 Å². The Morgan fingerprint density at radius 2 is 2.42 bits per heavy atom. The molecule has 1 aromatic heterocycles. The SMILES string of the molecule is CC(C)=CCn1nccc1C=O. The Labute approximate surface area is 71.7 Å². The number of carbonyl (C=O) groups excluding carboxylic acids is 1. The van der Waals surface area contributed by atoms with E-state index in [1.165, 1.54) is 5.57 Å². The van der Waals surface area contributed by atoms with Crippen molar-refractivity contribution in [2.24, 2.45) is 0 Å². The predicted octanol–water partition coefficient (Wildman–Crippen LogP) is 1.66. The molecule has 0 atom stereocenters. The van der Waals surface area contributed by atoms with Crippen LogP contribution in [0.1, 0.15) is 24.3 Å². The second-order valence-electron chi connectivity index (χ2n) is 2.84. The van der Waals surface area contributed by atoms with E-state index >= 15 is 0 Å². The molecule has 0 aliphatic carbocycles. The van der Waals surface area contributed by atoms with Gasteiger partial charge in [-0.2, -0.15) is 5.10 Å². The van der Waals surface area contributed by atoms with Crippen LogP contribution in [0.2, 0.25) is 0 Å². The van der Waals surface area contributed by atoms with Gasteiger partial charge in [0.05, 0.1) is 6.54 Å². The van der Waals surface area contributed by atoms with Gasteiger partial charge in [-0.3, -0.25) is 9.48 Å². The van der Waals surface area contributed by atoms with Crippen LogP contribution < -0.4 is 0 Å². The van der Waals surface area contributed by atoms with Crippen molar-refractivity contribution in [2.45, 2.75) is 20.4 Å². The Hall–Kier alpha value is -1.38. The van der Waals surface area contributed by atoms with E-state index in [1.54, 1.807) is 16.9 Å². The highest BCUT2D eigenvalue weighted by atomic mass is 16.1. The highest BCUT2D eigenvalue weighted by Gasteiger charge is 1.96. The Kier molecular flexibility index (Phi) is 2.80. The van der Waals surface area contributed by atoms with Crippen molar-refractivity contribution < 1.29 is 4.79 Å². The minimum atomic E-state index is 0.618. The summed E-state index contributed by atoms with van der Waals surface area (Å²) in [4.78, 5) is 10.5. The van der Waals surface area contributed by atoms with E-state index < -0.39 is 0 Å². The van der Waals surface area contributed by atoms with Crippen LogP contribution in [0.25, 0.3) is 0 Å². The minimum Gasteiger partial charge on any atom is -0.296 e. The molecule has 0 unspecified atom stereocenters. The average Bonchev–Trinajstić information content (AvgIpc) is 2.47. The fourth-order valence-electron chi connectivity index (χ4n) is 0.865. The molecule has 0 spiro atoms. The van der Waals surface area contributed by atoms with Gasteiger partial charge < -0.3 is 0 Å². The molecule has 0 amide bonds. The molecular formula is C9H12N2O. The lowest BCUT2D eigenvalue weighted by molar-refractivity contribution is 0.111. The van der Waals surface area contributed by atoms with Crippen LogP contribution in [0.5, 0.6) is 0 Å². The lowest BCUT2D eigenvalue weighted by Crippen LogP contribution is -2.02. The molecule has 64 valence electrons. The van der Waals surface area contributed by atoms with Crippen LogP contribution in [-0.4, -0.2) is 16.1 Å². The highest BCUT2D eigenvalue weighted by molar-refractivity contribution is 5.71. The Morgan fingerprint density at radius 3 is 3.00 bits per heavy atom. The number of aromatic nitrogens is 2. The van der Waals surface area contributed by atoms with Crippen molar-refractivity contribution in [1.29, 1.82) is 0 Å². The summed E-state index contributed by atoms with van der Waals surface area (Å²) < 4.78 is 1.67. The van der Waals surface area contributed by atoms with Crippen LogP contribution in [0.15, 0.2) is 23.9 Å². The molecule has 0 N–H and O–H groups in total. The first-order chi connectivity index (χ1) is 5.74. The molecule has 12 heavy (non-hydrogen) atoms. The molecule has 1 rings (SSSR count). The molecule has 1 aromatic rings. The summed E-state index contributed by atoms with van der Waals surface area (Å²) in [5, 5.41) is 4.00. The van der Waals surface area contributed by atoms with Gasteiger partial charge in [0, 0.05) is 6.20 Å². The van der Waals surface area contributed by atoms with E-state index in [0.29, 0.717) is 12.2 Å². The Morgan fingerprint density at radius 1 is 1.67 bits per heavy atom. The van der Waals surface area contributed by atoms with Gasteiger partial charge in [0.1, 0.15) is 5.69 Å². The van der Waals surface area contributed by atoms with Gasteiger partial charge in [-0.05, 0) is 19.9 Å². The van der Waals surface area contributed by atoms with Crippen LogP contribution >= 0.6 is 0 Å². The molecule has 0 saturated carbocycles. The van der Waals surface area contributed by atoms with E-state index in [-0.39, 0.29) is 0 Å². The maximum absolute atomic E-state index is 10.5. The van der Waals surface area contributed by atoms with E-state index in [4.69, 9.17) is 0 Å². The summed E-state index contributed by atoms with van der Waals surface area (Å²) in [7, 11) is 0. The maximum atomic E-state index is 10.5. The molecule has 3 heteroatoms. The fraction of sp³-hybridized carbons (Fsp3) is 0.333. The van der Waals surface area contributed by atoms with Crippen LogP contribution in [-0.2, 0) is 6.54 Å². The van der Waals surface area contributed by atoms with Gasteiger partial charge in [0.25, 0.3) is 0 Å². The maximum Gasteiger partial charge on any atom is 0.168 e. The third-order valence-electron chi connectivity index (χ3n) is 1.54. The van der Waals surface area contributed by atoms with E-state index in [1.807, 2.05) is 19.9 Å². The molecule has 0 aliphatic heterocycles. The molecule has 0 fully saturated rings. The number of rotatable bonds is 3. The summed E-state index contributed by atoms with van der Waals surface area (Å²) in [5.41, 5.74) is 1.84. The Bertz CT molecular complexity index is 295. The van der Waals surface area contributed by atoms with Crippen molar-refractivity contribution >= 4 is 6.29 Å². The largest absolute Gasteiger partial charge is 0.296 e. The standard InChI is InChI=1S/C9H12N2O/c1-8(2)4-6-11-9(7-12)3-5-10-11/h3-5,7H,6H2,1-2H3. The van der Waals surface area contributed by atoms with Crippen molar-refractivity contribution in [3.63, 3.8) is 0 Å². The van der Waals surface area contributed by atoms with Gasteiger partial charge in [-0.25, -0.2) is 0 Å². The molecule has 0 radical (unpaired) electrons. The first-order valence-electron chi connectivity index (χ1n) is 3.84. The smallest absolute Gasteiger partial charge is 0.168 e. The van der Waals surface area contributed by atoms with Crippen LogP contribution in [0, 0.1) is 0 Å². The normalized spacial score (nSPS) is 9.50. The zero-order valence-corrected chi connectivity index (χ0v) is 7.32. The number of carbonyl (C=O) groups is 1. The molecule has 0 saturated heterocycles. The zero-order chi connectivity index (χ0) is 8.97. The summed E-state index contributed by atoms with van der Waals surface area (Å²) in [6, 6.07) is 1.70. The predicted molar refractivity (Wildman–Crippen MR) is 47.0 cm³/mol. The van der Waals surface area contributed by atoms with Crippen LogP contribution in [0.3, 0.4) is 0 Å². The van der Waals surface area contributed by atoms with Crippen molar-refractivity contribution in [2.75, 3.05) is 0 Å². The fourth-order valence-corrected chi connectivity index (χ4v) is 0.865. The monoisotopic (exact) mass is 164 g/mol. The summed E-state index contributed by atoms with van der Waals surface area (Å²) in [6.07, 6.45) is 4.47. The van der Waals surface area contributed by atoms with Gasteiger partial charge in [-0.1, -0.05) is 11.6 Å². The van der Waals surface area contributed by atoms with Gasteiger partial charge in [-0.15, -0.1) is 0 Å². The summed E-state index contributed by atoms with van der Waals surface area (Å²) >= 11 is 0. The Balaban J connectivity index is 2.75. The average molecular weight is 164 g/mol. The highest BCUT2D eigenvalue weighted by Crippen LogP contribution is 1.97. The van der Waals surface area contributed by atoms with E-state index in [0.717, 1.165) is 6.29 Å². The summed E-state index contributed by atoms with van der Waals surface area (Å²) in [6.45, 7) is 4.71. The van der Waals surface area contributed by atoms with Crippen molar-refractivity contribution in [3.8, 4) is 0 Å². The summed E-state index contributed by atoms with van der Waals surface area (Å²) in [5.74, 6) is 0. The second kappa shape index (κ2) is 3.85. The van der Waals surface area contributed by atoms with E-state index in [2.05, 4.69) is 5.10 Å². The first-order valence-corrected chi connectivity index (χ1v) is 3.84. The molecular weight excluding hydrogens is 152 g/mol. The number of nitrogens with zero attached hydrogens (tertiary/aromatic N) is 2. The lowest BCUT2D eigenvalue weighted by Gasteiger charge is -1.98. The topological polar surface area (TPSA) is 34.9 Å². The molecule has 0 aromatic carbocycles. The molecule has 1 heterocycles. The number of allylic oxidation sites excluding steroid dienone is 2. The lowest BCUT2D eigenvalue weighted by atomic mass is 10.3. The molecule has 3 nitrogen and oxygen atoms in total. The number of aldehydes is 1. The van der Waals surface area contributed by atoms with E-state index in [9.17, 15) is 4.79 Å². The van der Waals surface area contributed by atoms with Crippen LogP contribution in [0.4, 0.5) is 0 Å². The molecule has 0 bridgehead atoms. The quantitative estimate of drug-likeness (QED) is 0.503.